The van der Waals surface area contributed by atoms with E-state index in [1.807, 2.05) is 19.1 Å². The van der Waals surface area contributed by atoms with Gasteiger partial charge in [0.05, 0.1) is 12.1 Å². The lowest BCUT2D eigenvalue weighted by Gasteiger charge is -2.06. The third kappa shape index (κ3) is 3.61. The van der Waals surface area contributed by atoms with Crippen LogP contribution >= 0.6 is 11.6 Å². The molecule has 0 saturated carbocycles. The summed E-state index contributed by atoms with van der Waals surface area (Å²) >= 11 is 6.13. The maximum absolute atomic E-state index is 12.3. The topological polar surface area (TPSA) is 77.5 Å². The number of nitrogens with one attached hydrogen (secondary N) is 1. The van der Waals surface area contributed by atoms with Gasteiger partial charge >= 0.3 is 0 Å². The molecular weight excluding hydrogens is 340 g/mol. The monoisotopic (exact) mass is 356 g/mol. The van der Waals surface area contributed by atoms with Crippen molar-refractivity contribution >= 4 is 28.9 Å². The van der Waals surface area contributed by atoms with Crippen molar-refractivity contribution < 1.29 is 13.9 Å². The second kappa shape index (κ2) is 6.91. The summed E-state index contributed by atoms with van der Waals surface area (Å²) in [6.07, 6.45) is 0. The van der Waals surface area contributed by atoms with Crippen LogP contribution in [0.4, 0.5) is 11.4 Å². The van der Waals surface area contributed by atoms with Crippen LogP contribution in [-0.2, 0) is 0 Å². The summed E-state index contributed by atoms with van der Waals surface area (Å²) in [5, 5.41) is 3.23. The number of hydrogen-bond donors (Lipinski definition) is 2. The number of aryl methyl sites for hydroxylation is 1. The van der Waals surface area contributed by atoms with Crippen LogP contribution in [0.2, 0.25) is 5.02 Å². The maximum Gasteiger partial charge on any atom is 0.291 e. The largest absolute Gasteiger partial charge is 0.495 e. The number of ether oxygens (including phenoxy) is 1. The Labute approximate surface area is 150 Å². The summed E-state index contributed by atoms with van der Waals surface area (Å²) in [5.74, 6) is 0.959. The summed E-state index contributed by atoms with van der Waals surface area (Å²) in [6.45, 7) is 1.90. The van der Waals surface area contributed by atoms with E-state index in [-0.39, 0.29) is 11.7 Å². The van der Waals surface area contributed by atoms with Crippen LogP contribution in [0.3, 0.4) is 0 Å². The van der Waals surface area contributed by atoms with Gasteiger partial charge in [-0.25, -0.2) is 0 Å². The first kappa shape index (κ1) is 16.9. The number of amides is 1. The summed E-state index contributed by atoms with van der Waals surface area (Å²) in [5.41, 5.74) is 8.79. The highest BCUT2D eigenvalue weighted by Crippen LogP contribution is 2.31. The molecule has 0 bridgehead atoms. The van der Waals surface area contributed by atoms with Gasteiger partial charge in [-0.15, -0.1) is 0 Å². The Morgan fingerprint density at radius 1 is 1.16 bits per heavy atom. The number of hydrogen-bond acceptors (Lipinski definition) is 4. The molecule has 3 N–H and O–H groups in total. The summed E-state index contributed by atoms with van der Waals surface area (Å²) in [4.78, 5) is 12.3. The number of carbonyl (C=O) groups excluding carboxylic acids is 1. The van der Waals surface area contributed by atoms with Gasteiger partial charge < -0.3 is 20.2 Å². The van der Waals surface area contributed by atoms with Crippen LogP contribution in [0, 0.1) is 6.92 Å². The Kier molecular flexibility index (Phi) is 4.67. The lowest BCUT2D eigenvalue weighted by Crippen LogP contribution is -2.11. The molecule has 0 saturated heterocycles. The Morgan fingerprint density at radius 2 is 1.96 bits per heavy atom. The van der Waals surface area contributed by atoms with Crippen LogP contribution < -0.4 is 15.8 Å². The molecule has 128 valence electrons. The zero-order chi connectivity index (χ0) is 18.0. The standard InChI is InChI=1S/C19H17ClN2O3/c1-11-3-5-13(10-15(11)21)22-19(23)18-8-7-16(25-18)12-4-6-17(24-2)14(20)9-12/h3-10H,21H2,1-2H3,(H,22,23). The number of rotatable bonds is 4. The number of anilines is 2. The van der Waals surface area contributed by atoms with Crippen molar-refractivity contribution in [3.05, 3.63) is 64.9 Å². The molecule has 0 aliphatic carbocycles. The predicted octanol–water partition coefficient (Wildman–Crippen LogP) is 4.75. The second-order valence-corrected chi connectivity index (χ2v) is 5.95. The Balaban J connectivity index is 1.79. The molecule has 2 aromatic carbocycles. The van der Waals surface area contributed by atoms with E-state index < -0.39 is 0 Å². The van der Waals surface area contributed by atoms with Gasteiger partial charge in [0.15, 0.2) is 5.76 Å². The summed E-state index contributed by atoms with van der Waals surface area (Å²) in [6, 6.07) is 14.0. The second-order valence-electron chi connectivity index (χ2n) is 5.54. The normalized spacial score (nSPS) is 10.5. The smallest absolute Gasteiger partial charge is 0.291 e. The Hall–Kier alpha value is -2.92. The number of benzene rings is 2. The molecule has 0 radical (unpaired) electrons. The van der Waals surface area contributed by atoms with E-state index in [0.29, 0.717) is 27.9 Å². The summed E-state index contributed by atoms with van der Waals surface area (Å²) in [7, 11) is 1.55. The highest BCUT2D eigenvalue weighted by molar-refractivity contribution is 6.32. The molecule has 0 spiro atoms. The molecule has 0 fully saturated rings. The van der Waals surface area contributed by atoms with Crippen LogP contribution in [0.1, 0.15) is 16.1 Å². The highest BCUT2D eigenvalue weighted by atomic mass is 35.5. The van der Waals surface area contributed by atoms with Crippen LogP contribution in [0.15, 0.2) is 52.9 Å². The van der Waals surface area contributed by atoms with Gasteiger partial charge in [0.1, 0.15) is 11.5 Å². The van der Waals surface area contributed by atoms with Gasteiger partial charge in [-0.05, 0) is 55.0 Å². The molecule has 1 heterocycles. The van der Waals surface area contributed by atoms with Gasteiger partial charge in [0.25, 0.3) is 5.91 Å². The van der Waals surface area contributed by atoms with E-state index in [2.05, 4.69) is 5.32 Å². The van der Waals surface area contributed by atoms with Crippen molar-refractivity contribution in [3.63, 3.8) is 0 Å². The molecule has 1 aromatic heterocycles. The molecule has 0 aliphatic rings. The third-order valence-corrected chi connectivity index (χ3v) is 4.10. The van der Waals surface area contributed by atoms with Crippen molar-refractivity contribution in [2.24, 2.45) is 0 Å². The van der Waals surface area contributed by atoms with Crippen molar-refractivity contribution in [1.29, 1.82) is 0 Å². The van der Waals surface area contributed by atoms with E-state index in [9.17, 15) is 4.79 Å². The van der Waals surface area contributed by atoms with E-state index in [4.69, 9.17) is 26.5 Å². The number of nitrogen functional groups attached to an aromatic ring is 1. The van der Waals surface area contributed by atoms with Crippen LogP contribution in [0.25, 0.3) is 11.3 Å². The quantitative estimate of drug-likeness (QED) is 0.661. The fourth-order valence-corrected chi connectivity index (χ4v) is 2.60. The van der Waals surface area contributed by atoms with Crippen molar-refractivity contribution in [2.45, 2.75) is 6.92 Å². The minimum absolute atomic E-state index is 0.195. The first-order valence-electron chi connectivity index (χ1n) is 7.59. The molecule has 25 heavy (non-hydrogen) atoms. The van der Waals surface area contributed by atoms with Crippen LogP contribution in [0.5, 0.6) is 5.75 Å². The number of methoxy groups -OCH3 is 1. The number of halogens is 1. The van der Waals surface area contributed by atoms with E-state index >= 15 is 0 Å². The van der Waals surface area contributed by atoms with Gasteiger partial charge in [0, 0.05) is 16.9 Å². The number of furan rings is 1. The molecule has 0 unspecified atom stereocenters. The lowest BCUT2D eigenvalue weighted by molar-refractivity contribution is 0.0997. The zero-order valence-electron chi connectivity index (χ0n) is 13.8. The van der Waals surface area contributed by atoms with E-state index in [1.165, 1.54) is 0 Å². The van der Waals surface area contributed by atoms with Gasteiger partial charge in [-0.2, -0.15) is 0 Å². The number of carbonyl (C=O) groups is 1. The first-order chi connectivity index (χ1) is 12.0. The SMILES string of the molecule is COc1ccc(-c2ccc(C(=O)Nc3ccc(C)c(N)c3)o2)cc1Cl. The molecule has 6 heteroatoms. The summed E-state index contributed by atoms with van der Waals surface area (Å²) < 4.78 is 10.8. The highest BCUT2D eigenvalue weighted by Gasteiger charge is 2.14. The minimum atomic E-state index is -0.353. The maximum atomic E-state index is 12.3. The molecular formula is C19H17ClN2O3. The fraction of sp³-hybridized carbons (Fsp3) is 0.105. The fourth-order valence-electron chi connectivity index (χ4n) is 2.35. The third-order valence-electron chi connectivity index (χ3n) is 3.80. The molecule has 0 atom stereocenters. The van der Waals surface area contributed by atoms with E-state index in [0.717, 1.165) is 11.1 Å². The molecule has 1 amide bonds. The first-order valence-corrected chi connectivity index (χ1v) is 7.97. The average molecular weight is 357 g/mol. The molecule has 5 nitrogen and oxygen atoms in total. The predicted molar refractivity (Wildman–Crippen MR) is 99.3 cm³/mol. The zero-order valence-corrected chi connectivity index (χ0v) is 14.6. The lowest BCUT2D eigenvalue weighted by atomic mass is 10.1. The average Bonchev–Trinajstić information content (AvgIpc) is 3.08. The Bertz CT molecular complexity index is 934. The molecule has 0 aliphatic heterocycles. The van der Waals surface area contributed by atoms with Gasteiger partial charge in [-0.1, -0.05) is 17.7 Å². The Morgan fingerprint density at radius 3 is 2.64 bits per heavy atom. The van der Waals surface area contributed by atoms with Gasteiger partial charge in [-0.3, -0.25) is 4.79 Å². The van der Waals surface area contributed by atoms with Crippen LogP contribution in [-0.4, -0.2) is 13.0 Å². The van der Waals surface area contributed by atoms with Crippen molar-refractivity contribution in [2.75, 3.05) is 18.2 Å². The van der Waals surface area contributed by atoms with Gasteiger partial charge in [0.2, 0.25) is 0 Å². The van der Waals surface area contributed by atoms with Crippen molar-refractivity contribution in [3.8, 4) is 17.1 Å². The van der Waals surface area contributed by atoms with E-state index in [1.54, 1.807) is 43.5 Å². The number of nitrogens with two attached hydrogens (primary N) is 1. The molecule has 3 rings (SSSR count). The van der Waals surface area contributed by atoms with Crippen molar-refractivity contribution in [1.82, 2.24) is 0 Å². The molecule has 3 aromatic rings. The minimum Gasteiger partial charge on any atom is -0.495 e.